The van der Waals surface area contributed by atoms with Crippen molar-refractivity contribution in [2.75, 3.05) is 6.61 Å². The maximum atomic E-state index is 5.37. The van der Waals surface area contributed by atoms with Crippen molar-refractivity contribution >= 4 is 5.71 Å². The van der Waals surface area contributed by atoms with Crippen molar-refractivity contribution in [3.63, 3.8) is 0 Å². The van der Waals surface area contributed by atoms with Crippen molar-refractivity contribution in [1.82, 2.24) is 0 Å². The van der Waals surface area contributed by atoms with Crippen molar-refractivity contribution in [2.24, 2.45) is 5.16 Å². The molecule has 1 heterocycles. The Hall–Kier alpha value is -1.51. The third-order valence-corrected chi connectivity index (χ3v) is 1.99. The van der Waals surface area contributed by atoms with Crippen molar-refractivity contribution in [3.8, 4) is 5.75 Å². The summed E-state index contributed by atoms with van der Waals surface area (Å²) in [6, 6.07) is 7.82. The van der Waals surface area contributed by atoms with Gasteiger partial charge >= 0.3 is 0 Å². The first-order valence-electron chi connectivity index (χ1n) is 4.68. The maximum Gasteiger partial charge on any atom is 0.141 e. The lowest BCUT2D eigenvalue weighted by Crippen LogP contribution is -2.12. The van der Waals surface area contributed by atoms with Gasteiger partial charge in [-0.15, -0.1) is 0 Å². The fraction of sp³-hybridized carbons (Fsp3) is 0.273. The molecule has 0 saturated heterocycles. The quantitative estimate of drug-likeness (QED) is 0.670. The molecule has 0 aliphatic carbocycles. The van der Waals surface area contributed by atoms with Crippen LogP contribution in [0.5, 0.6) is 5.75 Å². The number of fused-ring (bicyclic) bond motifs is 1. The molecule has 1 aromatic carbocycles. The third kappa shape index (κ3) is 1.71. The van der Waals surface area contributed by atoms with Crippen molar-refractivity contribution < 1.29 is 9.57 Å². The zero-order chi connectivity index (χ0) is 9.80. The minimum absolute atomic E-state index is 0.590. The summed E-state index contributed by atoms with van der Waals surface area (Å²) in [7, 11) is 0. The summed E-state index contributed by atoms with van der Waals surface area (Å²) in [5.41, 5.74) is 1.94. The molecule has 0 amide bonds. The summed E-state index contributed by atoms with van der Waals surface area (Å²) in [5.74, 6) is 0.845. The molecule has 3 heteroatoms. The molecule has 0 N–H and O–H groups in total. The van der Waals surface area contributed by atoms with Crippen LogP contribution < -0.4 is 4.74 Å². The fourth-order valence-corrected chi connectivity index (χ4v) is 1.36. The summed E-state index contributed by atoms with van der Waals surface area (Å²) in [6.45, 7) is 4.24. The second-order valence-electron chi connectivity index (χ2n) is 2.94. The van der Waals surface area contributed by atoms with E-state index in [2.05, 4.69) is 5.16 Å². The Kier molecular flexibility index (Phi) is 2.68. The number of ether oxygens (including phenoxy) is 1. The SMILES string of the molecule is CCON=C1C[CH]Oc2ccccc21. The van der Waals surface area contributed by atoms with Gasteiger partial charge in [-0.3, -0.25) is 0 Å². The average molecular weight is 190 g/mol. The number of para-hydroxylation sites is 1. The molecular weight excluding hydrogens is 178 g/mol. The van der Waals surface area contributed by atoms with Gasteiger partial charge in [0, 0.05) is 12.0 Å². The lowest BCUT2D eigenvalue weighted by molar-refractivity contribution is 0.158. The second-order valence-corrected chi connectivity index (χ2v) is 2.94. The number of rotatable bonds is 2. The van der Waals surface area contributed by atoms with Crippen LogP contribution in [0.1, 0.15) is 18.9 Å². The van der Waals surface area contributed by atoms with Crippen LogP contribution in [-0.4, -0.2) is 12.3 Å². The summed E-state index contributed by atoms with van der Waals surface area (Å²) < 4.78 is 5.37. The van der Waals surface area contributed by atoms with E-state index in [1.54, 1.807) is 6.61 Å². The Balaban J connectivity index is 2.31. The van der Waals surface area contributed by atoms with Crippen LogP contribution in [0.2, 0.25) is 0 Å². The van der Waals surface area contributed by atoms with Gasteiger partial charge in [-0.2, -0.15) is 0 Å². The zero-order valence-corrected chi connectivity index (χ0v) is 8.06. The molecule has 0 fully saturated rings. The Morgan fingerprint density at radius 1 is 1.43 bits per heavy atom. The summed E-state index contributed by atoms with van der Waals surface area (Å²) in [6.07, 6.45) is 0.691. The largest absolute Gasteiger partial charge is 0.485 e. The molecule has 0 unspecified atom stereocenters. The van der Waals surface area contributed by atoms with Crippen LogP contribution in [0.4, 0.5) is 0 Å². The zero-order valence-electron chi connectivity index (χ0n) is 8.06. The Bertz CT molecular complexity index is 347. The van der Waals surface area contributed by atoms with Gasteiger partial charge in [-0.1, -0.05) is 17.3 Å². The van der Waals surface area contributed by atoms with Gasteiger partial charge in [0.25, 0.3) is 0 Å². The van der Waals surface area contributed by atoms with Gasteiger partial charge in [-0.25, -0.2) is 0 Å². The number of benzene rings is 1. The van der Waals surface area contributed by atoms with Crippen LogP contribution in [0, 0.1) is 6.61 Å². The predicted octanol–water partition coefficient (Wildman–Crippen LogP) is 2.37. The van der Waals surface area contributed by atoms with E-state index in [4.69, 9.17) is 9.57 Å². The van der Waals surface area contributed by atoms with Gasteiger partial charge in [0.15, 0.2) is 0 Å². The molecule has 2 rings (SSSR count). The van der Waals surface area contributed by atoms with Crippen molar-refractivity contribution in [3.05, 3.63) is 36.4 Å². The molecule has 0 spiro atoms. The number of hydrogen-bond donors (Lipinski definition) is 0. The standard InChI is InChI=1S/C11H12NO2/c1-2-14-12-10-7-8-13-11-6-4-3-5-9(10)11/h3-6,8H,2,7H2,1H3. The highest BCUT2D eigenvalue weighted by Crippen LogP contribution is 2.25. The minimum Gasteiger partial charge on any atom is -0.485 e. The van der Waals surface area contributed by atoms with E-state index < -0.39 is 0 Å². The number of hydrogen-bond acceptors (Lipinski definition) is 3. The van der Waals surface area contributed by atoms with Gasteiger partial charge in [0.2, 0.25) is 0 Å². The molecule has 0 bridgehead atoms. The summed E-state index contributed by atoms with van der Waals surface area (Å²) >= 11 is 0. The predicted molar refractivity (Wildman–Crippen MR) is 54.2 cm³/mol. The highest BCUT2D eigenvalue weighted by molar-refractivity contribution is 6.03. The average Bonchev–Trinajstić information content (AvgIpc) is 2.26. The van der Waals surface area contributed by atoms with E-state index in [1.807, 2.05) is 31.2 Å². The first-order chi connectivity index (χ1) is 6.92. The molecule has 0 atom stereocenters. The topological polar surface area (TPSA) is 30.8 Å². The van der Waals surface area contributed by atoms with E-state index in [0.717, 1.165) is 17.0 Å². The number of oxime groups is 1. The summed E-state index contributed by atoms with van der Waals surface area (Å²) in [5, 5.41) is 4.05. The molecule has 3 nitrogen and oxygen atoms in total. The Morgan fingerprint density at radius 3 is 3.14 bits per heavy atom. The summed E-state index contributed by atoms with van der Waals surface area (Å²) in [4.78, 5) is 5.04. The normalized spacial score (nSPS) is 17.4. The highest BCUT2D eigenvalue weighted by Gasteiger charge is 2.16. The lowest BCUT2D eigenvalue weighted by Gasteiger charge is -2.17. The van der Waals surface area contributed by atoms with Gasteiger partial charge in [0.1, 0.15) is 19.0 Å². The van der Waals surface area contributed by atoms with Crippen LogP contribution in [-0.2, 0) is 4.84 Å². The van der Waals surface area contributed by atoms with E-state index in [0.29, 0.717) is 13.0 Å². The minimum atomic E-state index is 0.590. The molecular formula is C11H12NO2. The van der Waals surface area contributed by atoms with Crippen LogP contribution in [0.25, 0.3) is 0 Å². The van der Waals surface area contributed by atoms with E-state index in [1.165, 1.54) is 0 Å². The third-order valence-electron chi connectivity index (χ3n) is 1.99. The van der Waals surface area contributed by atoms with Gasteiger partial charge in [0.05, 0.1) is 5.71 Å². The molecule has 1 aromatic rings. The van der Waals surface area contributed by atoms with Gasteiger partial charge in [-0.05, 0) is 19.1 Å². The van der Waals surface area contributed by atoms with E-state index in [9.17, 15) is 0 Å². The second kappa shape index (κ2) is 4.13. The van der Waals surface area contributed by atoms with E-state index >= 15 is 0 Å². The fourth-order valence-electron chi connectivity index (χ4n) is 1.36. The molecule has 1 aliphatic rings. The number of nitrogens with zero attached hydrogens (tertiary/aromatic N) is 1. The first-order valence-corrected chi connectivity index (χ1v) is 4.68. The van der Waals surface area contributed by atoms with Crippen molar-refractivity contribution in [2.45, 2.75) is 13.3 Å². The van der Waals surface area contributed by atoms with Gasteiger partial charge < -0.3 is 9.57 Å². The highest BCUT2D eigenvalue weighted by atomic mass is 16.6. The van der Waals surface area contributed by atoms with Crippen LogP contribution >= 0.6 is 0 Å². The monoisotopic (exact) mass is 190 g/mol. The Labute approximate surface area is 83.3 Å². The first kappa shape index (κ1) is 9.06. The molecule has 73 valence electrons. The molecule has 0 saturated carbocycles. The molecule has 1 aliphatic heterocycles. The Morgan fingerprint density at radius 2 is 2.29 bits per heavy atom. The smallest absolute Gasteiger partial charge is 0.141 e. The van der Waals surface area contributed by atoms with E-state index in [-0.39, 0.29) is 0 Å². The molecule has 14 heavy (non-hydrogen) atoms. The van der Waals surface area contributed by atoms with Crippen molar-refractivity contribution in [1.29, 1.82) is 0 Å². The molecule has 1 radical (unpaired) electrons. The molecule has 0 aromatic heterocycles. The lowest BCUT2D eigenvalue weighted by atomic mass is 10.0. The van der Waals surface area contributed by atoms with Crippen LogP contribution in [0.15, 0.2) is 29.4 Å². The van der Waals surface area contributed by atoms with Crippen LogP contribution in [0.3, 0.4) is 0 Å². The maximum absolute atomic E-state index is 5.37.